The highest BCUT2D eigenvalue weighted by atomic mass is 32.1. The molecule has 98 valence electrons. The van der Waals surface area contributed by atoms with E-state index in [2.05, 4.69) is 55.7 Å². The standard InChI is InChI=1S/C14H26N2S/c1-5-12(6-2)10-15-11-13(16(3)4)14-8-7-9-17-14/h7-9,12-13,15H,5-6,10-11H2,1-4H3. The minimum Gasteiger partial charge on any atom is -0.315 e. The highest BCUT2D eigenvalue weighted by Crippen LogP contribution is 2.22. The Balaban J connectivity index is 2.41. The Morgan fingerprint density at radius 3 is 2.41 bits per heavy atom. The van der Waals surface area contributed by atoms with Crippen LogP contribution < -0.4 is 5.32 Å². The van der Waals surface area contributed by atoms with E-state index in [0.29, 0.717) is 6.04 Å². The molecule has 0 saturated carbocycles. The van der Waals surface area contributed by atoms with E-state index in [1.54, 1.807) is 0 Å². The second-order valence-corrected chi connectivity index (χ2v) is 5.81. The monoisotopic (exact) mass is 254 g/mol. The summed E-state index contributed by atoms with van der Waals surface area (Å²) >= 11 is 1.85. The fourth-order valence-electron chi connectivity index (χ4n) is 2.02. The van der Waals surface area contributed by atoms with Crippen LogP contribution in [0.4, 0.5) is 0 Å². The maximum Gasteiger partial charge on any atom is 0.0561 e. The van der Waals surface area contributed by atoms with Gasteiger partial charge in [0.1, 0.15) is 0 Å². The molecule has 0 aliphatic carbocycles. The molecule has 0 saturated heterocycles. The maximum atomic E-state index is 3.62. The van der Waals surface area contributed by atoms with E-state index >= 15 is 0 Å². The lowest BCUT2D eigenvalue weighted by atomic mass is 10.0. The lowest BCUT2D eigenvalue weighted by Crippen LogP contribution is -2.33. The minimum absolute atomic E-state index is 0.504. The Kier molecular flexibility index (Phi) is 6.78. The average molecular weight is 254 g/mol. The Morgan fingerprint density at radius 1 is 1.24 bits per heavy atom. The summed E-state index contributed by atoms with van der Waals surface area (Å²) in [7, 11) is 4.31. The predicted octanol–water partition coefficient (Wildman–Crippen LogP) is 3.38. The van der Waals surface area contributed by atoms with E-state index < -0.39 is 0 Å². The Labute approximate surface area is 110 Å². The average Bonchev–Trinajstić information content (AvgIpc) is 2.82. The Hall–Kier alpha value is -0.380. The number of nitrogens with zero attached hydrogens (tertiary/aromatic N) is 1. The molecular weight excluding hydrogens is 228 g/mol. The number of likely N-dealkylation sites (N-methyl/N-ethyl adjacent to an activating group) is 1. The van der Waals surface area contributed by atoms with E-state index in [4.69, 9.17) is 0 Å². The summed E-state index contributed by atoms with van der Waals surface area (Å²) in [5.74, 6) is 0.821. The molecule has 0 radical (unpaired) electrons. The van der Waals surface area contributed by atoms with Crippen molar-refractivity contribution in [1.82, 2.24) is 10.2 Å². The van der Waals surface area contributed by atoms with Gasteiger partial charge in [0.05, 0.1) is 6.04 Å². The molecule has 0 aliphatic heterocycles. The van der Waals surface area contributed by atoms with Gasteiger partial charge in [-0.3, -0.25) is 0 Å². The van der Waals surface area contributed by atoms with E-state index in [1.165, 1.54) is 17.7 Å². The molecule has 1 atom stereocenters. The van der Waals surface area contributed by atoms with E-state index in [1.807, 2.05) is 11.3 Å². The molecule has 1 unspecified atom stereocenters. The molecular formula is C14H26N2S. The van der Waals surface area contributed by atoms with E-state index in [0.717, 1.165) is 19.0 Å². The van der Waals surface area contributed by atoms with Crippen molar-refractivity contribution in [3.63, 3.8) is 0 Å². The molecule has 1 aromatic rings. The van der Waals surface area contributed by atoms with Crippen LogP contribution >= 0.6 is 11.3 Å². The highest BCUT2D eigenvalue weighted by molar-refractivity contribution is 7.10. The van der Waals surface area contributed by atoms with Crippen LogP contribution in [0.15, 0.2) is 17.5 Å². The minimum atomic E-state index is 0.504. The van der Waals surface area contributed by atoms with Crippen LogP contribution in [0, 0.1) is 5.92 Å². The molecule has 1 rings (SSSR count). The molecule has 0 amide bonds. The van der Waals surface area contributed by atoms with Crippen LogP contribution in [0.5, 0.6) is 0 Å². The highest BCUT2D eigenvalue weighted by Gasteiger charge is 2.15. The number of rotatable bonds is 8. The van der Waals surface area contributed by atoms with Crippen molar-refractivity contribution in [1.29, 1.82) is 0 Å². The molecule has 0 spiro atoms. The number of thiophene rings is 1. The van der Waals surface area contributed by atoms with Crippen molar-refractivity contribution >= 4 is 11.3 Å². The van der Waals surface area contributed by atoms with Crippen molar-refractivity contribution in [3.05, 3.63) is 22.4 Å². The van der Waals surface area contributed by atoms with Crippen LogP contribution in [0.2, 0.25) is 0 Å². The molecule has 1 N–H and O–H groups in total. The smallest absolute Gasteiger partial charge is 0.0561 e. The third kappa shape index (κ3) is 4.78. The Morgan fingerprint density at radius 2 is 1.94 bits per heavy atom. The van der Waals surface area contributed by atoms with Gasteiger partial charge >= 0.3 is 0 Å². The number of hydrogen-bond donors (Lipinski definition) is 1. The molecule has 1 heterocycles. The zero-order chi connectivity index (χ0) is 12.7. The molecule has 3 heteroatoms. The van der Waals surface area contributed by atoms with Gasteiger partial charge in [-0.15, -0.1) is 11.3 Å². The van der Waals surface area contributed by atoms with Crippen LogP contribution in [-0.2, 0) is 0 Å². The van der Waals surface area contributed by atoms with Gasteiger partial charge in [-0.1, -0.05) is 32.8 Å². The van der Waals surface area contributed by atoms with E-state index in [-0.39, 0.29) is 0 Å². The van der Waals surface area contributed by atoms with Gasteiger partial charge in [0, 0.05) is 11.4 Å². The van der Waals surface area contributed by atoms with E-state index in [9.17, 15) is 0 Å². The normalized spacial score (nSPS) is 13.5. The van der Waals surface area contributed by atoms with Crippen molar-refractivity contribution in [2.24, 2.45) is 5.92 Å². The lowest BCUT2D eigenvalue weighted by molar-refractivity contribution is 0.285. The molecule has 2 nitrogen and oxygen atoms in total. The molecule has 0 fully saturated rings. The van der Waals surface area contributed by atoms with Crippen molar-refractivity contribution in [2.75, 3.05) is 27.2 Å². The van der Waals surface area contributed by atoms with Gasteiger partial charge in [-0.25, -0.2) is 0 Å². The first-order chi connectivity index (χ1) is 8.19. The van der Waals surface area contributed by atoms with Crippen molar-refractivity contribution < 1.29 is 0 Å². The summed E-state index contributed by atoms with van der Waals surface area (Å²) in [4.78, 5) is 3.75. The largest absolute Gasteiger partial charge is 0.315 e. The SMILES string of the molecule is CCC(CC)CNCC(c1cccs1)N(C)C. The predicted molar refractivity (Wildman–Crippen MR) is 77.7 cm³/mol. The van der Waals surface area contributed by atoms with Gasteiger partial charge in [-0.05, 0) is 38.0 Å². The van der Waals surface area contributed by atoms with Gasteiger partial charge in [0.25, 0.3) is 0 Å². The molecule has 17 heavy (non-hydrogen) atoms. The summed E-state index contributed by atoms with van der Waals surface area (Å²) in [6.45, 7) is 6.74. The van der Waals surface area contributed by atoms with Crippen LogP contribution in [0.25, 0.3) is 0 Å². The molecule has 0 aliphatic rings. The third-order valence-electron chi connectivity index (χ3n) is 3.42. The van der Waals surface area contributed by atoms with Gasteiger partial charge in [0.2, 0.25) is 0 Å². The van der Waals surface area contributed by atoms with Crippen LogP contribution in [-0.4, -0.2) is 32.1 Å². The van der Waals surface area contributed by atoms with Crippen molar-refractivity contribution in [2.45, 2.75) is 32.7 Å². The second kappa shape index (κ2) is 7.85. The summed E-state index contributed by atoms with van der Waals surface area (Å²) < 4.78 is 0. The first kappa shape index (κ1) is 14.7. The summed E-state index contributed by atoms with van der Waals surface area (Å²) in [6, 6.07) is 4.87. The van der Waals surface area contributed by atoms with Crippen LogP contribution in [0.1, 0.15) is 37.6 Å². The first-order valence-electron chi connectivity index (χ1n) is 6.59. The lowest BCUT2D eigenvalue weighted by Gasteiger charge is -2.24. The van der Waals surface area contributed by atoms with Crippen LogP contribution in [0.3, 0.4) is 0 Å². The summed E-state index contributed by atoms with van der Waals surface area (Å²) in [5.41, 5.74) is 0. The molecule has 0 bridgehead atoms. The van der Waals surface area contributed by atoms with Gasteiger partial charge in [-0.2, -0.15) is 0 Å². The zero-order valence-corrected chi connectivity index (χ0v) is 12.4. The molecule has 0 aromatic carbocycles. The van der Waals surface area contributed by atoms with Gasteiger partial charge in [0.15, 0.2) is 0 Å². The zero-order valence-electron chi connectivity index (χ0n) is 11.6. The maximum absolute atomic E-state index is 3.62. The Bertz CT molecular complexity index is 278. The number of nitrogens with one attached hydrogen (secondary N) is 1. The summed E-state index contributed by atoms with van der Waals surface area (Å²) in [5, 5.41) is 5.78. The third-order valence-corrected chi connectivity index (χ3v) is 4.39. The topological polar surface area (TPSA) is 15.3 Å². The number of hydrogen-bond acceptors (Lipinski definition) is 3. The fraction of sp³-hybridized carbons (Fsp3) is 0.714. The first-order valence-corrected chi connectivity index (χ1v) is 7.47. The fourth-order valence-corrected chi connectivity index (χ4v) is 2.94. The second-order valence-electron chi connectivity index (χ2n) is 4.84. The molecule has 1 aromatic heterocycles. The quantitative estimate of drug-likeness (QED) is 0.765. The van der Waals surface area contributed by atoms with Gasteiger partial charge < -0.3 is 10.2 Å². The van der Waals surface area contributed by atoms with Crippen molar-refractivity contribution in [3.8, 4) is 0 Å². The summed E-state index contributed by atoms with van der Waals surface area (Å²) in [6.07, 6.45) is 2.55.